The van der Waals surface area contributed by atoms with Gasteiger partial charge in [0.25, 0.3) is 5.82 Å². The van der Waals surface area contributed by atoms with E-state index in [9.17, 15) is 17.6 Å². The van der Waals surface area contributed by atoms with Crippen LogP contribution in [0.15, 0.2) is 36.4 Å². The molecule has 0 atom stereocenters. The third-order valence-electron chi connectivity index (χ3n) is 3.83. The molecule has 2 aromatic heterocycles. The smallest absolute Gasteiger partial charge is 0.368 e. The predicted octanol–water partition coefficient (Wildman–Crippen LogP) is 3.67. The van der Waals surface area contributed by atoms with Crippen LogP contribution in [-0.2, 0) is 11.6 Å². The molecule has 0 unspecified atom stereocenters. The van der Waals surface area contributed by atoms with Crippen LogP contribution in [0.1, 0.15) is 25.2 Å². The van der Waals surface area contributed by atoms with Crippen molar-refractivity contribution in [2.45, 2.75) is 25.4 Å². The molecule has 0 radical (unpaired) electrons. The Kier molecular flexibility index (Phi) is 4.09. The molecular formula is C16H15F4N5. The molecule has 132 valence electrons. The monoisotopic (exact) mass is 353 g/mol. The summed E-state index contributed by atoms with van der Waals surface area (Å²) in [6, 6.07) is 9.11. The zero-order valence-electron chi connectivity index (χ0n) is 13.5. The van der Waals surface area contributed by atoms with Crippen LogP contribution in [0, 0.1) is 5.82 Å². The number of rotatable bonds is 4. The molecule has 0 aliphatic rings. The van der Waals surface area contributed by atoms with Gasteiger partial charge in [-0.2, -0.15) is 17.7 Å². The molecule has 1 N–H and O–H groups in total. The highest BCUT2D eigenvalue weighted by molar-refractivity contribution is 5.44. The summed E-state index contributed by atoms with van der Waals surface area (Å²) in [6.45, 7) is 4.14. The first-order chi connectivity index (χ1) is 11.7. The minimum absolute atomic E-state index is 0.00210. The van der Waals surface area contributed by atoms with Gasteiger partial charge in [0.1, 0.15) is 11.6 Å². The van der Waals surface area contributed by atoms with Gasteiger partial charge < -0.3 is 5.32 Å². The van der Waals surface area contributed by atoms with Crippen molar-refractivity contribution in [3.8, 4) is 0 Å². The van der Waals surface area contributed by atoms with E-state index in [2.05, 4.69) is 20.6 Å². The summed E-state index contributed by atoms with van der Waals surface area (Å²) in [4.78, 5) is 0. The lowest BCUT2D eigenvalue weighted by Crippen LogP contribution is -2.28. The number of nitrogens with zero attached hydrogens (tertiary/aromatic N) is 4. The van der Waals surface area contributed by atoms with Gasteiger partial charge in [0.2, 0.25) is 0 Å². The quantitative estimate of drug-likeness (QED) is 0.727. The van der Waals surface area contributed by atoms with Gasteiger partial charge in [-0.1, -0.05) is 26.0 Å². The van der Waals surface area contributed by atoms with Gasteiger partial charge in [-0.05, 0) is 29.8 Å². The van der Waals surface area contributed by atoms with Crippen LogP contribution in [-0.4, -0.2) is 26.4 Å². The summed E-state index contributed by atoms with van der Waals surface area (Å²) < 4.78 is 52.7. The summed E-state index contributed by atoms with van der Waals surface area (Å²) in [5.74, 6) is -1.29. The lowest BCUT2D eigenvalue weighted by molar-refractivity contribution is -0.146. The number of halogens is 4. The van der Waals surface area contributed by atoms with E-state index in [1.54, 1.807) is 12.1 Å². The topological polar surface area (TPSA) is 55.1 Å². The molecule has 5 nitrogen and oxygen atoms in total. The summed E-state index contributed by atoms with van der Waals surface area (Å²) in [7, 11) is 0. The van der Waals surface area contributed by atoms with Gasteiger partial charge in [0.05, 0.1) is 0 Å². The van der Waals surface area contributed by atoms with Crippen molar-refractivity contribution in [3.05, 3.63) is 53.6 Å². The number of fused-ring (bicyclic) bond motifs is 1. The van der Waals surface area contributed by atoms with E-state index in [4.69, 9.17) is 0 Å². The lowest BCUT2D eigenvalue weighted by Gasteiger charge is -2.26. The van der Waals surface area contributed by atoms with E-state index >= 15 is 0 Å². The number of benzene rings is 1. The average molecular weight is 353 g/mol. The average Bonchev–Trinajstić information content (AvgIpc) is 2.96. The Morgan fingerprint density at radius 2 is 1.84 bits per heavy atom. The third kappa shape index (κ3) is 3.54. The van der Waals surface area contributed by atoms with Crippen molar-refractivity contribution < 1.29 is 17.6 Å². The highest BCUT2D eigenvalue weighted by Gasteiger charge is 2.37. The normalized spacial score (nSPS) is 12.6. The number of alkyl halides is 3. The highest BCUT2D eigenvalue weighted by atomic mass is 19.4. The molecule has 0 amide bonds. The van der Waals surface area contributed by atoms with Crippen LogP contribution in [0.4, 0.5) is 23.4 Å². The SMILES string of the molecule is CC(C)(CNc1ccc2nnc(C(F)(F)F)n2n1)c1cccc(F)c1. The molecule has 1 aromatic carbocycles. The van der Waals surface area contributed by atoms with Crippen LogP contribution in [0.3, 0.4) is 0 Å². The van der Waals surface area contributed by atoms with Crippen molar-refractivity contribution >= 4 is 11.5 Å². The van der Waals surface area contributed by atoms with Gasteiger partial charge >= 0.3 is 6.18 Å². The molecule has 0 aliphatic heterocycles. The van der Waals surface area contributed by atoms with Crippen LogP contribution in [0.2, 0.25) is 0 Å². The fourth-order valence-electron chi connectivity index (χ4n) is 2.38. The second-order valence-corrected chi connectivity index (χ2v) is 6.26. The number of nitrogens with one attached hydrogen (secondary N) is 1. The predicted molar refractivity (Wildman–Crippen MR) is 83.7 cm³/mol. The summed E-state index contributed by atoms with van der Waals surface area (Å²) in [6.07, 6.45) is -4.65. The molecule has 0 spiro atoms. The van der Waals surface area contributed by atoms with E-state index < -0.39 is 17.4 Å². The molecule has 3 rings (SSSR count). The van der Waals surface area contributed by atoms with Gasteiger partial charge in [0.15, 0.2) is 5.65 Å². The van der Waals surface area contributed by atoms with E-state index in [1.165, 1.54) is 24.3 Å². The largest absolute Gasteiger partial charge is 0.453 e. The Morgan fingerprint density at radius 1 is 1.08 bits per heavy atom. The first kappa shape index (κ1) is 17.1. The molecule has 0 fully saturated rings. The maximum absolute atomic E-state index is 13.4. The van der Waals surface area contributed by atoms with Crippen molar-refractivity contribution in [1.82, 2.24) is 19.8 Å². The van der Waals surface area contributed by atoms with Crippen molar-refractivity contribution in [3.63, 3.8) is 0 Å². The second-order valence-electron chi connectivity index (χ2n) is 6.26. The minimum Gasteiger partial charge on any atom is -0.368 e. The number of anilines is 1. The molecular weight excluding hydrogens is 338 g/mol. The Hall–Kier alpha value is -2.71. The number of hydrogen-bond acceptors (Lipinski definition) is 4. The maximum atomic E-state index is 13.4. The van der Waals surface area contributed by atoms with E-state index in [-0.39, 0.29) is 17.3 Å². The lowest BCUT2D eigenvalue weighted by atomic mass is 9.84. The van der Waals surface area contributed by atoms with Gasteiger partial charge in [-0.15, -0.1) is 15.3 Å². The molecule has 25 heavy (non-hydrogen) atoms. The summed E-state index contributed by atoms with van der Waals surface area (Å²) in [5.41, 5.74) is 0.308. The molecule has 3 aromatic rings. The first-order valence-corrected chi connectivity index (χ1v) is 7.46. The minimum atomic E-state index is -4.65. The van der Waals surface area contributed by atoms with Crippen molar-refractivity contribution in [1.29, 1.82) is 0 Å². The van der Waals surface area contributed by atoms with Crippen LogP contribution >= 0.6 is 0 Å². The molecule has 0 bridgehead atoms. The van der Waals surface area contributed by atoms with Crippen molar-refractivity contribution in [2.75, 3.05) is 11.9 Å². The Labute approximate surface area is 140 Å². The molecule has 0 saturated carbocycles. The molecule has 9 heteroatoms. The number of aromatic nitrogens is 4. The van der Waals surface area contributed by atoms with Gasteiger partial charge in [0, 0.05) is 12.0 Å². The Morgan fingerprint density at radius 3 is 2.52 bits per heavy atom. The van der Waals surface area contributed by atoms with Gasteiger partial charge in [-0.25, -0.2) is 4.39 Å². The second kappa shape index (κ2) is 5.98. The van der Waals surface area contributed by atoms with Crippen LogP contribution in [0.5, 0.6) is 0 Å². The summed E-state index contributed by atoms with van der Waals surface area (Å²) >= 11 is 0. The fraction of sp³-hybridized carbons (Fsp3) is 0.312. The molecule has 0 aliphatic carbocycles. The van der Waals surface area contributed by atoms with Crippen molar-refractivity contribution in [2.24, 2.45) is 0 Å². The van der Waals surface area contributed by atoms with Gasteiger partial charge in [-0.3, -0.25) is 0 Å². The van der Waals surface area contributed by atoms with E-state index in [0.717, 1.165) is 5.56 Å². The first-order valence-electron chi connectivity index (χ1n) is 7.46. The summed E-state index contributed by atoms with van der Waals surface area (Å²) in [5, 5.41) is 13.5. The molecule has 0 saturated heterocycles. The van der Waals surface area contributed by atoms with E-state index in [1.807, 2.05) is 13.8 Å². The van der Waals surface area contributed by atoms with E-state index in [0.29, 0.717) is 11.1 Å². The van der Waals surface area contributed by atoms with Crippen LogP contribution < -0.4 is 5.32 Å². The zero-order chi connectivity index (χ0) is 18.2. The molecule has 2 heterocycles. The fourth-order valence-corrected chi connectivity index (χ4v) is 2.38. The van der Waals surface area contributed by atoms with Crippen LogP contribution in [0.25, 0.3) is 5.65 Å². The third-order valence-corrected chi connectivity index (χ3v) is 3.83. The standard InChI is InChI=1S/C16H15F4N5/c1-15(2,10-4-3-5-11(17)8-10)9-21-12-6-7-13-22-23-14(16(18,19)20)25(13)24-12/h3-8H,9H2,1-2H3,(H,21,24). The highest BCUT2D eigenvalue weighted by Crippen LogP contribution is 2.28. The zero-order valence-corrected chi connectivity index (χ0v) is 13.5. The maximum Gasteiger partial charge on any atom is 0.453 e. The Balaban J connectivity index is 1.83. The number of hydrogen-bond donors (Lipinski definition) is 1. The Bertz CT molecular complexity index is 901.